The van der Waals surface area contributed by atoms with Crippen molar-refractivity contribution in [3.63, 3.8) is 0 Å². The van der Waals surface area contributed by atoms with E-state index in [1.54, 1.807) is 36.5 Å². The SMILES string of the molecule is O=C(N[C@H]1CNC[C@@H]1F)c1sc2nccc3c2c1NC(=O)N3c1ccc(Oc2ccccc2)cc1. The van der Waals surface area contributed by atoms with Crippen molar-refractivity contribution in [1.29, 1.82) is 0 Å². The van der Waals surface area contributed by atoms with Gasteiger partial charge in [0, 0.05) is 19.3 Å². The molecule has 35 heavy (non-hydrogen) atoms. The van der Waals surface area contributed by atoms with E-state index in [1.807, 2.05) is 30.3 Å². The van der Waals surface area contributed by atoms with Gasteiger partial charge in [-0.2, -0.15) is 0 Å². The number of carbonyl (C=O) groups is 2. The number of amides is 3. The second-order valence-electron chi connectivity index (χ2n) is 8.25. The summed E-state index contributed by atoms with van der Waals surface area (Å²) in [6.07, 6.45) is 0.452. The third-order valence-electron chi connectivity index (χ3n) is 5.98. The fourth-order valence-electron chi connectivity index (χ4n) is 4.31. The van der Waals surface area contributed by atoms with Gasteiger partial charge in [-0.25, -0.2) is 14.2 Å². The zero-order valence-corrected chi connectivity index (χ0v) is 19.1. The molecule has 4 heterocycles. The number of carbonyl (C=O) groups excluding carboxylic acids is 2. The van der Waals surface area contributed by atoms with Gasteiger partial charge in [-0.05, 0) is 42.5 Å². The molecule has 0 radical (unpaired) electrons. The molecule has 2 aliphatic rings. The van der Waals surface area contributed by atoms with E-state index in [-0.39, 0.29) is 6.54 Å². The van der Waals surface area contributed by atoms with Crippen LogP contribution < -0.4 is 25.6 Å². The molecule has 6 rings (SSSR count). The highest BCUT2D eigenvalue weighted by Crippen LogP contribution is 2.45. The van der Waals surface area contributed by atoms with Gasteiger partial charge in [0.2, 0.25) is 0 Å². The number of anilines is 3. The quantitative estimate of drug-likeness (QED) is 0.374. The van der Waals surface area contributed by atoms with Crippen LogP contribution in [-0.2, 0) is 0 Å². The van der Waals surface area contributed by atoms with Crippen LogP contribution in [0.3, 0.4) is 0 Å². The van der Waals surface area contributed by atoms with Crippen molar-refractivity contribution in [3.8, 4) is 11.5 Å². The molecule has 8 nitrogen and oxygen atoms in total. The predicted molar refractivity (Wildman–Crippen MR) is 133 cm³/mol. The fraction of sp³-hybridized carbons (Fsp3) is 0.160. The van der Waals surface area contributed by atoms with Crippen LogP contribution in [0, 0.1) is 0 Å². The number of rotatable bonds is 5. The van der Waals surface area contributed by atoms with E-state index in [2.05, 4.69) is 20.9 Å². The van der Waals surface area contributed by atoms with Crippen molar-refractivity contribution in [2.45, 2.75) is 12.2 Å². The van der Waals surface area contributed by atoms with E-state index in [4.69, 9.17) is 4.74 Å². The number of hydrogen-bond acceptors (Lipinski definition) is 6. The Morgan fingerprint density at radius 1 is 1.09 bits per heavy atom. The van der Waals surface area contributed by atoms with Gasteiger partial charge in [-0.15, -0.1) is 11.3 Å². The molecule has 2 aromatic carbocycles. The lowest BCUT2D eigenvalue weighted by Crippen LogP contribution is -2.41. The number of hydrogen-bond donors (Lipinski definition) is 3. The van der Waals surface area contributed by atoms with Gasteiger partial charge in [0.05, 0.1) is 28.5 Å². The van der Waals surface area contributed by atoms with Crippen molar-refractivity contribution in [2.24, 2.45) is 0 Å². The summed E-state index contributed by atoms with van der Waals surface area (Å²) in [5, 5.41) is 9.18. The Labute approximate surface area is 203 Å². The van der Waals surface area contributed by atoms with E-state index < -0.39 is 24.2 Å². The number of nitrogens with one attached hydrogen (secondary N) is 3. The van der Waals surface area contributed by atoms with E-state index in [0.29, 0.717) is 50.2 Å². The first kappa shape index (κ1) is 21.5. The maximum absolute atomic E-state index is 14.0. The van der Waals surface area contributed by atoms with Crippen molar-refractivity contribution in [1.82, 2.24) is 15.6 Å². The zero-order valence-electron chi connectivity index (χ0n) is 18.3. The number of para-hydroxylation sites is 1. The molecule has 2 atom stereocenters. The Kier molecular flexibility index (Phi) is 5.31. The van der Waals surface area contributed by atoms with Crippen LogP contribution in [0.25, 0.3) is 10.2 Å². The zero-order chi connectivity index (χ0) is 23.9. The van der Waals surface area contributed by atoms with Crippen LogP contribution in [0.1, 0.15) is 9.67 Å². The highest BCUT2D eigenvalue weighted by Gasteiger charge is 2.34. The Morgan fingerprint density at radius 3 is 2.60 bits per heavy atom. The molecule has 0 bridgehead atoms. The number of ether oxygens (including phenoxy) is 1. The monoisotopic (exact) mass is 489 g/mol. The lowest BCUT2D eigenvalue weighted by atomic mass is 10.1. The standard InChI is InChI=1S/C25H20FN5O3S/c26-17-12-27-13-18(17)29-23(32)22-21-20-19(10-11-28-24(20)35-22)31(25(33)30-21)14-6-8-16(9-7-14)34-15-4-2-1-3-5-15/h1-11,17-18,27H,12-13H2,(H,29,32)(H,30,33)/t17-,18-/m0/s1. The Hall–Kier alpha value is -4.02. The Balaban J connectivity index is 1.32. The molecular weight excluding hydrogens is 469 g/mol. The summed E-state index contributed by atoms with van der Waals surface area (Å²) in [6, 6.07) is 17.3. The topological polar surface area (TPSA) is 95.6 Å². The van der Waals surface area contributed by atoms with Crippen molar-refractivity contribution in [3.05, 3.63) is 71.7 Å². The summed E-state index contributed by atoms with van der Waals surface area (Å²) < 4.78 is 19.9. The molecule has 0 aliphatic carbocycles. The lowest BCUT2D eigenvalue weighted by molar-refractivity contribution is 0.0929. The first-order valence-electron chi connectivity index (χ1n) is 11.1. The number of pyridine rings is 1. The van der Waals surface area contributed by atoms with Crippen LogP contribution in [0.4, 0.5) is 26.2 Å². The Bertz CT molecular complexity index is 1430. The van der Waals surface area contributed by atoms with Crippen LogP contribution in [-0.4, -0.2) is 42.2 Å². The van der Waals surface area contributed by atoms with Gasteiger partial charge < -0.3 is 20.7 Å². The number of halogens is 1. The maximum Gasteiger partial charge on any atom is 0.331 e. The summed E-state index contributed by atoms with van der Waals surface area (Å²) in [4.78, 5) is 33.0. The number of urea groups is 1. The molecule has 3 amide bonds. The molecule has 0 unspecified atom stereocenters. The minimum atomic E-state index is -1.16. The van der Waals surface area contributed by atoms with E-state index in [9.17, 15) is 14.0 Å². The van der Waals surface area contributed by atoms with Gasteiger partial charge in [0.15, 0.2) is 0 Å². The van der Waals surface area contributed by atoms with E-state index >= 15 is 0 Å². The molecule has 176 valence electrons. The Morgan fingerprint density at radius 2 is 1.86 bits per heavy atom. The molecule has 3 N–H and O–H groups in total. The fourth-order valence-corrected chi connectivity index (χ4v) is 5.33. The number of alkyl halides is 1. The number of thiophene rings is 1. The predicted octanol–water partition coefficient (Wildman–Crippen LogP) is 4.81. The van der Waals surface area contributed by atoms with Crippen LogP contribution in [0.2, 0.25) is 0 Å². The van der Waals surface area contributed by atoms with Crippen molar-refractivity contribution >= 4 is 50.6 Å². The molecule has 1 saturated heterocycles. The third kappa shape index (κ3) is 3.86. The van der Waals surface area contributed by atoms with Gasteiger partial charge in [-0.1, -0.05) is 18.2 Å². The van der Waals surface area contributed by atoms with E-state index in [1.165, 1.54) is 16.2 Å². The average Bonchev–Trinajstić information content (AvgIpc) is 3.44. The second-order valence-corrected chi connectivity index (χ2v) is 9.24. The highest BCUT2D eigenvalue weighted by atomic mass is 32.1. The number of benzene rings is 2. The largest absolute Gasteiger partial charge is 0.457 e. The van der Waals surface area contributed by atoms with Crippen LogP contribution in [0.15, 0.2) is 66.9 Å². The smallest absolute Gasteiger partial charge is 0.331 e. The van der Waals surface area contributed by atoms with Crippen LogP contribution in [0.5, 0.6) is 11.5 Å². The molecular formula is C25H20FN5O3S. The van der Waals surface area contributed by atoms with E-state index in [0.717, 1.165) is 0 Å². The van der Waals surface area contributed by atoms with Gasteiger partial charge in [0.25, 0.3) is 5.91 Å². The van der Waals surface area contributed by atoms with Crippen LogP contribution >= 0.6 is 11.3 Å². The summed E-state index contributed by atoms with van der Waals surface area (Å²) in [7, 11) is 0. The number of nitrogens with zero attached hydrogens (tertiary/aromatic N) is 2. The average molecular weight is 490 g/mol. The van der Waals surface area contributed by atoms with Crippen molar-refractivity contribution in [2.75, 3.05) is 23.3 Å². The first-order chi connectivity index (χ1) is 17.1. The minimum Gasteiger partial charge on any atom is -0.457 e. The minimum absolute atomic E-state index is 0.205. The highest BCUT2D eigenvalue weighted by molar-refractivity contribution is 7.21. The maximum atomic E-state index is 14.0. The first-order valence-corrected chi connectivity index (χ1v) is 11.9. The number of aromatic nitrogens is 1. The lowest BCUT2D eigenvalue weighted by Gasteiger charge is -2.28. The van der Waals surface area contributed by atoms with Gasteiger partial charge in [-0.3, -0.25) is 9.69 Å². The third-order valence-corrected chi connectivity index (χ3v) is 7.08. The molecule has 2 aliphatic heterocycles. The second kappa shape index (κ2) is 8.64. The summed E-state index contributed by atoms with van der Waals surface area (Å²) in [5.74, 6) is 0.925. The molecule has 10 heteroatoms. The summed E-state index contributed by atoms with van der Waals surface area (Å²) in [6.45, 7) is 0.567. The van der Waals surface area contributed by atoms with Gasteiger partial charge >= 0.3 is 6.03 Å². The normalized spacial score (nSPS) is 19.0. The molecule has 0 saturated carbocycles. The molecule has 2 aromatic heterocycles. The van der Waals surface area contributed by atoms with Crippen molar-refractivity contribution < 1.29 is 18.7 Å². The molecule has 4 aromatic rings. The van der Waals surface area contributed by atoms with Gasteiger partial charge in [0.1, 0.15) is 27.4 Å². The molecule has 0 spiro atoms. The summed E-state index contributed by atoms with van der Waals surface area (Å²) >= 11 is 1.17. The summed E-state index contributed by atoms with van der Waals surface area (Å²) in [5.41, 5.74) is 1.65. The molecule has 1 fully saturated rings.